The summed E-state index contributed by atoms with van der Waals surface area (Å²) < 4.78 is 38.0. The number of nitrogens with one attached hydrogen (secondary N) is 3. The van der Waals surface area contributed by atoms with Gasteiger partial charge in [0.1, 0.15) is 26.9 Å². The van der Waals surface area contributed by atoms with Gasteiger partial charge in [0.05, 0.1) is 40.2 Å². The van der Waals surface area contributed by atoms with Gasteiger partial charge in [-0.25, -0.2) is 17.8 Å². The molecule has 1 aliphatic rings. The van der Waals surface area contributed by atoms with Gasteiger partial charge in [-0.2, -0.15) is 5.10 Å². The Labute approximate surface area is 258 Å². The number of hydrogen-bond donors (Lipinski definition) is 3. The summed E-state index contributed by atoms with van der Waals surface area (Å²) in [5.41, 5.74) is 7.21. The molecule has 5 aromatic heterocycles. The van der Waals surface area contributed by atoms with Gasteiger partial charge < -0.3 is 10.3 Å². The van der Waals surface area contributed by atoms with Crippen molar-refractivity contribution in [2.45, 2.75) is 32.1 Å². The SMILES string of the molecule is CS(=O)(=O)CCc1cc(F)cc(-c2nccc3[nH]c(-c4n[nH]c5ccc(-c6cncc(NC(=O)C7CCCC7)c6)nc45)cc23)c1. The minimum absolute atomic E-state index is 0.0306. The Hall–Kier alpha value is -4.97. The van der Waals surface area contributed by atoms with Crippen molar-refractivity contribution in [3.05, 3.63) is 78.5 Å². The summed E-state index contributed by atoms with van der Waals surface area (Å²) in [6.07, 6.45) is 10.4. The number of carbonyl (C=O) groups is 1. The molecule has 3 N–H and O–H groups in total. The highest BCUT2D eigenvalue weighted by Gasteiger charge is 2.23. The molecular formula is C33H30FN7O3S. The lowest BCUT2D eigenvalue weighted by Crippen LogP contribution is -2.20. The highest BCUT2D eigenvalue weighted by Crippen LogP contribution is 2.34. The fourth-order valence-corrected chi connectivity index (χ4v) is 6.58. The fraction of sp³-hybridized carbons (Fsp3) is 0.242. The first-order chi connectivity index (χ1) is 21.7. The van der Waals surface area contributed by atoms with E-state index in [9.17, 15) is 17.6 Å². The van der Waals surface area contributed by atoms with E-state index >= 15 is 0 Å². The molecular weight excluding hydrogens is 593 g/mol. The standard InChI is InChI=1S/C33H30FN7O3S/c1-45(43,44)11-9-19-12-21(14-23(34)13-19)30-25-16-29(38-27(25)8-10-36-30)32-31-28(40-41-32)7-6-26(39-31)22-15-24(18-35-17-22)37-33(42)20-4-2-3-5-20/h6-8,10,12-18,20,38H,2-5,9,11H2,1H3,(H,37,42)(H,40,41). The number of nitrogens with zero attached hydrogens (tertiary/aromatic N) is 4. The van der Waals surface area contributed by atoms with Gasteiger partial charge in [0, 0.05) is 46.6 Å². The molecule has 0 aliphatic heterocycles. The first kappa shape index (κ1) is 28.8. The Morgan fingerprint density at radius 3 is 2.67 bits per heavy atom. The number of anilines is 1. The molecule has 0 bridgehead atoms. The van der Waals surface area contributed by atoms with Crippen LogP contribution in [-0.2, 0) is 21.1 Å². The minimum Gasteiger partial charge on any atom is -0.353 e. The van der Waals surface area contributed by atoms with Crippen LogP contribution in [0.1, 0.15) is 31.2 Å². The van der Waals surface area contributed by atoms with Gasteiger partial charge in [0.2, 0.25) is 5.91 Å². The summed E-state index contributed by atoms with van der Waals surface area (Å²) in [4.78, 5) is 29.9. The van der Waals surface area contributed by atoms with Crippen molar-refractivity contribution in [1.29, 1.82) is 0 Å². The topological polar surface area (TPSA) is 146 Å². The van der Waals surface area contributed by atoms with Crippen molar-refractivity contribution in [3.8, 4) is 33.9 Å². The number of aryl methyl sites for hydroxylation is 1. The first-order valence-corrected chi connectivity index (χ1v) is 16.8. The van der Waals surface area contributed by atoms with Crippen molar-refractivity contribution in [2.24, 2.45) is 5.92 Å². The van der Waals surface area contributed by atoms with E-state index in [1.807, 2.05) is 30.3 Å². The summed E-state index contributed by atoms with van der Waals surface area (Å²) in [5, 5.41) is 11.4. The van der Waals surface area contributed by atoms with Crippen LogP contribution in [0.4, 0.5) is 10.1 Å². The Bertz CT molecular complexity index is 2190. The maximum atomic E-state index is 14.6. The number of aromatic amines is 2. The highest BCUT2D eigenvalue weighted by molar-refractivity contribution is 7.90. The van der Waals surface area contributed by atoms with Gasteiger partial charge in [-0.1, -0.05) is 12.8 Å². The Morgan fingerprint density at radius 2 is 1.84 bits per heavy atom. The molecule has 5 heterocycles. The van der Waals surface area contributed by atoms with Crippen LogP contribution in [0.3, 0.4) is 0 Å². The second-order valence-electron chi connectivity index (χ2n) is 11.6. The fourth-order valence-electron chi connectivity index (χ4n) is 5.97. The second kappa shape index (κ2) is 11.5. The van der Waals surface area contributed by atoms with Crippen LogP contribution in [-0.4, -0.2) is 56.5 Å². The monoisotopic (exact) mass is 623 g/mol. The third-order valence-electron chi connectivity index (χ3n) is 8.23. The first-order valence-electron chi connectivity index (χ1n) is 14.8. The summed E-state index contributed by atoms with van der Waals surface area (Å²) in [6.45, 7) is 0. The average Bonchev–Trinajstić information content (AvgIpc) is 3.79. The molecule has 228 valence electrons. The minimum atomic E-state index is -3.20. The number of aromatic nitrogens is 6. The van der Waals surface area contributed by atoms with Crippen LogP contribution < -0.4 is 5.32 Å². The van der Waals surface area contributed by atoms with E-state index in [4.69, 9.17) is 4.98 Å². The number of fused-ring (bicyclic) bond motifs is 2. The van der Waals surface area contributed by atoms with E-state index in [1.165, 1.54) is 18.4 Å². The predicted molar refractivity (Wildman–Crippen MR) is 172 cm³/mol. The molecule has 1 fully saturated rings. The number of sulfone groups is 1. The Balaban J connectivity index is 1.22. The van der Waals surface area contributed by atoms with Crippen molar-refractivity contribution >= 4 is 43.4 Å². The second-order valence-corrected chi connectivity index (χ2v) is 13.9. The van der Waals surface area contributed by atoms with Crippen LogP contribution in [0.5, 0.6) is 0 Å². The molecule has 45 heavy (non-hydrogen) atoms. The largest absolute Gasteiger partial charge is 0.353 e. The maximum Gasteiger partial charge on any atom is 0.227 e. The van der Waals surface area contributed by atoms with Crippen LogP contribution in [0.2, 0.25) is 0 Å². The van der Waals surface area contributed by atoms with Gasteiger partial charge in [-0.15, -0.1) is 0 Å². The molecule has 0 atom stereocenters. The quantitative estimate of drug-likeness (QED) is 0.186. The number of amides is 1. The zero-order chi connectivity index (χ0) is 31.1. The van der Waals surface area contributed by atoms with E-state index in [1.54, 1.807) is 24.7 Å². The van der Waals surface area contributed by atoms with Crippen LogP contribution in [0.15, 0.2) is 67.1 Å². The van der Waals surface area contributed by atoms with Crippen molar-refractivity contribution < 1.29 is 17.6 Å². The number of hydrogen-bond acceptors (Lipinski definition) is 7. The average molecular weight is 624 g/mol. The van der Waals surface area contributed by atoms with Crippen LogP contribution in [0, 0.1) is 11.7 Å². The summed E-state index contributed by atoms with van der Waals surface area (Å²) in [5.74, 6) is -0.454. The maximum absolute atomic E-state index is 14.6. The lowest BCUT2D eigenvalue weighted by atomic mass is 10.0. The molecule has 12 heteroatoms. The molecule has 0 spiro atoms. The molecule has 10 nitrogen and oxygen atoms in total. The molecule has 0 radical (unpaired) electrons. The number of halogens is 1. The van der Waals surface area contributed by atoms with E-state index in [2.05, 4.69) is 30.5 Å². The number of pyridine rings is 3. The number of benzene rings is 1. The van der Waals surface area contributed by atoms with E-state index in [-0.39, 0.29) is 24.0 Å². The molecule has 1 saturated carbocycles. The zero-order valence-corrected chi connectivity index (χ0v) is 25.3. The summed E-state index contributed by atoms with van der Waals surface area (Å²) in [7, 11) is -3.20. The van der Waals surface area contributed by atoms with E-state index in [0.29, 0.717) is 45.1 Å². The van der Waals surface area contributed by atoms with Crippen molar-refractivity contribution in [3.63, 3.8) is 0 Å². The van der Waals surface area contributed by atoms with Gasteiger partial charge in [0.15, 0.2) is 0 Å². The van der Waals surface area contributed by atoms with E-state index in [0.717, 1.165) is 47.7 Å². The molecule has 0 saturated heterocycles. The van der Waals surface area contributed by atoms with Crippen molar-refractivity contribution in [2.75, 3.05) is 17.3 Å². The predicted octanol–water partition coefficient (Wildman–Crippen LogP) is 6.09. The van der Waals surface area contributed by atoms with Gasteiger partial charge >= 0.3 is 0 Å². The zero-order valence-electron chi connectivity index (χ0n) is 24.5. The van der Waals surface area contributed by atoms with Gasteiger partial charge in [0.25, 0.3) is 0 Å². The van der Waals surface area contributed by atoms with Gasteiger partial charge in [-0.05, 0) is 73.4 Å². The summed E-state index contributed by atoms with van der Waals surface area (Å²) in [6, 6.07) is 13.9. The Morgan fingerprint density at radius 1 is 1.00 bits per heavy atom. The number of carbonyl (C=O) groups excluding carboxylic acids is 1. The smallest absolute Gasteiger partial charge is 0.227 e. The molecule has 7 rings (SSSR count). The van der Waals surface area contributed by atoms with Crippen molar-refractivity contribution in [1.82, 2.24) is 30.1 Å². The number of H-pyrrole nitrogens is 2. The third-order valence-corrected chi connectivity index (χ3v) is 9.18. The highest BCUT2D eigenvalue weighted by atomic mass is 32.2. The third kappa shape index (κ3) is 6.05. The number of rotatable bonds is 8. The van der Waals surface area contributed by atoms with Crippen LogP contribution in [0.25, 0.3) is 55.8 Å². The molecule has 1 aliphatic carbocycles. The molecule has 1 aromatic carbocycles. The normalized spacial score (nSPS) is 14.0. The van der Waals surface area contributed by atoms with E-state index < -0.39 is 15.7 Å². The lowest BCUT2D eigenvalue weighted by molar-refractivity contribution is -0.119. The molecule has 1 amide bonds. The lowest BCUT2D eigenvalue weighted by Gasteiger charge is -2.11. The van der Waals surface area contributed by atoms with Crippen LogP contribution >= 0.6 is 0 Å². The van der Waals surface area contributed by atoms with Gasteiger partial charge in [-0.3, -0.25) is 19.9 Å². The molecule has 0 unspecified atom stereocenters. The Kier molecular flexibility index (Phi) is 7.36. The molecule has 6 aromatic rings. The summed E-state index contributed by atoms with van der Waals surface area (Å²) >= 11 is 0.